The highest BCUT2D eigenvalue weighted by atomic mass is 16.5. The molecule has 3 heteroatoms. The van der Waals surface area contributed by atoms with Gasteiger partial charge in [-0.05, 0) is 23.3 Å². The van der Waals surface area contributed by atoms with Gasteiger partial charge < -0.3 is 9.47 Å². The van der Waals surface area contributed by atoms with E-state index in [0.29, 0.717) is 25.6 Å². The van der Waals surface area contributed by atoms with Crippen LogP contribution in [0.1, 0.15) is 12.0 Å². The summed E-state index contributed by atoms with van der Waals surface area (Å²) in [5.41, 5.74) is 3.04. The van der Waals surface area contributed by atoms with E-state index in [1.54, 1.807) is 7.11 Å². The monoisotopic (exact) mass is 230 g/mol. The van der Waals surface area contributed by atoms with Gasteiger partial charge in [-0.2, -0.15) is 0 Å². The molecule has 0 N–H and O–H groups in total. The van der Waals surface area contributed by atoms with Gasteiger partial charge in [0.15, 0.2) is 5.78 Å². The maximum atomic E-state index is 12.0. The SMILES string of the molecule is COc1ccc(C2=C3COCC3CC2=O)cc1. The fraction of sp³-hybridized carbons (Fsp3) is 0.357. The van der Waals surface area contributed by atoms with Crippen molar-refractivity contribution < 1.29 is 14.3 Å². The normalized spacial score (nSPS) is 23.1. The molecule has 1 aliphatic heterocycles. The zero-order valence-electron chi connectivity index (χ0n) is 9.73. The molecule has 3 nitrogen and oxygen atoms in total. The van der Waals surface area contributed by atoms with Crippen LogP contribution in [0.25, 0.3) is 5.57 Å². The minimum absolute atomic E-state index is 0.249. The molecule has 1 atom stereocenters. The predicted molar refractivity (Wildman–Crippen MR) is 63.8 cm³/mol. The van der Waals surface area contributed by atoms with Gasteiger partial charge in [0.05, 0.1) is 20.3 Å². The lowest BCUT2D eigenvalue weighted by Gasteiger charge is -2.05. The molecule has 0 radical (unpaired) electrons. The molecule has 0 amide bonds. The van der Waals surface area contributed by atoms with E-state index in [4.69, 9.17) is 9.47 Å². The van der Waals surface area contributed by atoms with Crippen molar-refractivity contribution in [2.45, 2.75) is 6.42 Å². The Morgan fingerprint density at radius 3 is 2.76 bits per heavy atom. The first-order valence-corrected chi connectivity index (χ1v) is 5.78. The first-order valence-electron chi connectivity index (χ1n) is 5.78. The molecule has 1 fully saturated rings. The van der Waals surface area contributed by atoms with E-state index in [0.717, 1.165) is 16.9 Å². The molecule has 1 aromatic carbocycles. The molecule has 2 aliphatic rings. The van der Waals surface area contributed by atoms with Crippen molar-refractivity contribution in [3.05, 3.63) is 35.4 Å². The van der Waals surface area contributed by atoms with Crippen LogP contribution in [0.5, 0.6) is 5.75 Å². The Balaban J connectivity index is 2.02. The second-order valence-electron chi connectivity index (χ2n) is 4.47. The molecule has 0 spiro atoms. The van der Waals surface area contributed by atoms with Gasteiger partial charge in [0.1, 0.15) is 5.75 Å². The maximum absolute atomic E-state index is 12.0. The number of rotatable bonds is 2. The van der Waals surface area contributed by atoms with Crippen LogP contribution < -0.4 is 4.74 Å². The van der Waals surface area contributed by atoms with Gasteiger partial charge >= 0.3 is 0 Å². The molecular formula is C14H14O3. The van der Waals surface area contributed by atoms with E-state index in [1.807, 2.05) is 24.3 Å². The Hall–Kier alpha value is -1.61. The van der Waals surface area contributed by atoms with Gasteiger partial charge in [-0.1, -0.05) is 12.1 Å². The molecule has 88 valence electrons. The number of Topliss-reactive ketones (excluding diaryl/α,β-unsaturated/α-hetero) is 1. The average molecular weight is 230 g/mol. The number of methoxy groups -OCH3 is 1. The van der Waals surface area contributed by atoms with E-state index >= 15 is 0 Å². The van der Waals surface area contributed by atoms with E-state index < -0.39 is 0 Å². The third-order valence-corrected chi connectivity index (χ3v) is 3.48. The Morgan fingerprint density at radius 1 is 1.29 bits per heavy atom. The zero-order valence-corrected chi connectivity index (χ0v) is 9.73. The molecule has 0 saturated carbocycles. The summed E-state index contributed by atoms with van der Waals surface area (Å²) in [4.78, 5) is 12.0. The van der Waals surface area contributed by atoms with Crippen LogP contribution in [0, 0.1) is 5.92 Å². The molecule has 0 bridgehead atoms. The second kappa shape index (κ2) is 4.00. The topological polar surface area (TPSA) is 35.5 Å². The van der Waals surface area contributed by atoms with Crippen molar-refractivity contribution in [1.29, 1.82) is 0 Å². The number of carbonyl (C=O) groups excluding carboxylic acids is 1. The molecule has 1 heterocycles. The molecule has 1 aliphatic carbocycles. The molecule has 1 unspecified atom stereocenters. The summed E-state index contributed by atoms with van der Waals surface area (Å²) < 4.78 is 10.5. The summed E-state index contributed by atoms with van der Waals surface area (Å²) in [5, 5.41) is 0. The van der Waals surface area contributed by atoms with E-state index in [2.05, 4.69) is 0 Å². The van der Waals surface area contributed by atoms with Crippen LogP contribution >= 0.6 is 0 Å². The lowest BCUT2D eigenvalue weighted by molar-refractivity contribution is -0.113. The molecular weight excluding hydrogens is 216 g/mol. The summed E-state index contributed by atoms with van der Waals surface area (Å²) in [6, 6.07) is 7.66. The zero-order chi connectivity index (χ0) is 11.8. The van der Waals surface area contributed by atoms with Gasteiger partial charge in [0, 0.05) is 17.9 Å². The number of hydrogen-bond acceptors (Lipinski definition) is 3. The summed E-state index contributed by atoms with van der Waals surface area (Å²) in [6.07, 6.45) is 0.608. The number of fused-ring (bicyclic) bond motifs is 1. The van der Waals surface area contributed by atoms with Gasteiger partial charge in [-0.3, -0.25) is 4.79 Å². The van der Waals surface area contributed by atoms with Crippen LogP contribution in [0.3, 0.4) is 0 Å². The van der Waals surface area contributed by atoms with E-state index in [9.17, 15) is 4.79 Å². The number of ketones is 1. The number of hydrogen-bond donors (Lipinski definition) is 0. The molecule has 3 rings (SSSR count). The van der Waals surface area contributed by atoms with E-state index in [-0.39, 0.29) is 5.78 Å². The van der Waals surface area contributed by atoms with Crippen molar-refractivity contribution in [2.75, 3.05) is 20.3 Å². The third-order valence-electron chi connectivity index (χ3n) is 3.48. The van der Waals surface area contributed by atoms with Crippen LogP contribution in [0.2, 0.25) is 0 Å². The van der Waals surface area contributed by atoms with Gasteiger partial charge in [-0.15, -0.1) is 0 Å². The minimum Gasteiger partial charge on any atom is -0.497 e. The lowest BCUT2D eigenvalue weighted by Crippen LogP contribution is -2.01. The van der Waals surface area contributed by atoms with Gasteiger partial charge in [0.2, 0.25) is 0 Å². The van der Waals surface area contributed by atoms with Crippen molar-refractivity contribution >= 4 is 11.4 Å². The number of allylic oxidation sites excluding steroid dienone is 1. The molecule has 0 aromatic heterocycles. The van der Waals surface area contributed by atoms with Crippen LogP contribution in [-0.4, -0.2) is 26.1 Å². The second-order valence-corrected chi connectivity index (χ2v) is 4.47. The largest absolute Gasteiger partial charge is 0.497 e. The fourth-order valence-corrected chi connectivity index (χ4v) is 2.60. The van der Waals surface area contributed by atoms with Crippen LogP contribution in [-0.2, 0) is 9.53 Å². The van der Waals surface area contributed by atoms with Crippen LogP contribution in [0.15, 0.2) is 29.8 Å². The molecule has 17 heavy (non-hydrogen) atoms. The van der Waals surface area contributed by atoms with Crippen molar-refractivity contribution in [3.63, 3.8) is 0 Å². The predicted octanol–water partition coefficient (Wildman–Crippen LogP) is 2.07. The van der Waals surface area contributed by atoms with Crippen molar-refractivity contribution in [1.82, 2.24) is 0 Å². The van der Waals surface area contributed by atoms with E-state index in [1.165, 1.54) is 5.57 Å². The summed E-state index contributed by atoms with van der Waals surface area (Å²) in [7, 11) is 1.64. The van der Waals surface area contributed by atoms with Crippen molar-refractivity contribution in [2.24, 2.45) is 5.92 Å². The first kappa shape index (κ1) is 10.5. The fourth-order valence-electron chi connectivity index (χ4n) is 2.60. The molecule has 1 aromatic rings. The first-order chi connectivity index (χ1) is 8.29. The highest BCUT2D eigenvalue weighted by Gasteiger charge is 2.36. The number of carbonyl (C=O) groups is 1. The lowest BCUT2D eigenvalue weighted by atomic mass is 10.0. The number of benzene rings is 1. The summed E-state index contributed by atoms with van der Waals surface area (Å²) in [6.45, 7) is 1.30. The maximum Gasteiger partial charge on any atom is 0.164 e. The third kappa shape index (κ3) is 1.67. The quantitative estimate of drug-likeness (QED) is 0.780. The standard InChI is InChI=1S/C14H14O3/c1-16-11-4-2-9(3-5-11)14-12-8-17-7-10(12)6-13(14)15/h2-5,10H,6-8H2,1H3. The van der Waals surface area contributed by atoms with Gasteiger partial charge in [0.25, 0.3) is 0 Å². The minimum atomic E-state index is 0.249. The highest BCUT2D eigenvalue weighted by molar-refractivity contribution is 6.24. The van der Waals surface area contributed by atoms with Gasteiger partial charge in [-0.25, -0.2) is 0 Å². The average Bonchev–Trinajstić information content (AvgIpc) is 2.89. The Bertz CT molecular complexity index is 485. The Labute approximate surface area is 100 Å². The van der Waals surface area contributed by atoms with Crippen LogP contribution in [0.4, 0.5) is 0 Å². The summed E-state index contributed by atoms with van der Waals surface area (Å²) >= 11 is 0. The Morgan fingerprint density at radius 2 is 2.06 bits per heavy atom. The molecule has 1 saturated heterocycles. The summed E-state index contributed by atoms with van der Waals surface area (Å²) in [5.74, 6) is 1.38. The number of ether oxygens (including phenoxy) is 2. The Kier molecular flexibility index (Phi) is 2.48. The van der Waals surface area contributed by atoms with Crippen molar-refractivity contribution in [3.8, 4) is 5.75 Å². The smallest absolute Gasteiger partial charge is 0.164 e. The highest BCUT2D eigenvalue weighted by Crippen LogP contribution is 2.39.